The Hall–Kier alpha value is -5.01. The van der Waals surface area contributed by atoms with Crippen LogP contribution < -0.4 is 11.1 Å². The SMILES string of the molecule is C=CC1(C(=O)OC(c2ccccc2)c2ccccc2)CS[C@@H]2C(NC(=O)C(=NOCc3ccccn3)c3csc(N)n3)C(=O)N2C1. The van der Waals surface area contributed by atoms with Crippen molar-refractivity contribution >= 4 is 51.7 Å². The number of nitrogen functional groups attached to an aromatic ring is 1. The van der Waals surface area contributed by atoms with E-state index in [0.717, 1.165) is 22.5 Å². The summed E-state index contributed by atoms with van der Waals surface area (Å²) in [4.78, 5) is 56.0. The number of β-lactam (4-membered cyclic amide) rings is 1. The Bertz CT molecular complexity index is 1710. The van der Waals surface area contributed by atoms with Crippen LogP contribution in [0.2, 0.25) is 0 Å². The number of oxime groups is 1. The van der Waals surface area contributed by atoms with Crippen molar-refractivity contribution in [3.8, 4) is 0 Å². The molecule has 4 heterocycles. The first-order valence-corrected chi connectivity index (χ1v) is 16.3. The van der Waals surface area contributed by atoms with Gasteiger partial charge in [0.2, 0.25) is 5.91 Å². The van der Waals surface area contributed by atoms with Crippen LogP contribution in [0.4, 0.5) is 5.13 Å². The third kappa shape index (κ3) is 6.37. The minimum Gasteiger partial charge on any atom is -0.452 e. The average molecular weight is 655 g/mol. The standard InChI is InChI=1S/C33H30N6O5S2/c1-2-33(31(42)44-27(21-11-5-3-6-12-21)22-13-7-4-8-14-22)19-39-29(41)26(30(39)46-20-33)37-28(40)25(24-18-45-32(34)36-24)38-43-17-23-15-9-10-16-35-23/h2-16,18,26-27,30H,1,17,19-20H2,(H2,34,36)(H,37,40)/t26?,30-,33?/m1/s1. The van der Waals surface area contributed by atoms with Crippen molar-refractivity contribution in [3.63, 3.8) is 0 Å². The minimum atomic E-state index is -1.14. The molecule has 11 nitrogen and oxygen atoms in total. The van der Waals surface area contributed by atoms with Crippen molar-refractivity contribution in [2.24, 2.45) is 10.6 Å². The van der Waals surface area contributed by atoms with E-state index in [-0.39, 0.29) is 35.6 Å². The van der Waals surface area contributed by atoms with E-state index in [9.17, 15) is 14.4 Å². The van der Waals surface area contributed by atoms with Crippen LogP contribution in [-0.2, 0) is 30.6 Å². The van der Waals surface area contributed by atoms with Gasteiger partial charge in [-0.15, -0.1) is 29.7 Å². The van der Waals surface area contributed by atoms with Crippen molar-refractivity contribution in [2.75, 3.05) is 18.0 Å². The number of fused-ring (bicyclic) bond motifs is 1. The fourth-order valence-corrected chi connectivity index (χ4v) is 7.27. The van der Waals surface area contributed by atoms with Crippen LogP contribution in [0.5, 0.6) is 0 Å². The quantitative estimate of drug-likeness (QED) is 0.0806. The summed E-state index contributed by atoms with van der Waals surface area (Å²) in [6.07, 6.45) is 2.55. The number of amides is 2. The summed E-state index contributed by atoms with van der Waals surface area (Å²) in [5, 5.41) is 8.25. The molecule has 2 aromatic heterocycles. The Morgan fingerprint density at radius 2 is 1.80 bits per heavy atom. The third-order valence-electron chi connectivity index (χ3n) is 7.69. The van der Waals surface area contributed by atoms with Crippen LogP contribution in [0.15, 0.2) is 108 Å². The number of nitrogens with zero attached hydrogens (tertiary/aromatic N) is 4. The molecule has 0 aliphatic carbocycles. The Balaban J connectivity index is 1.14. The van der Waals surface area contributed by atoms with Gasteiger partial charge in [-0.1, -0.05) is 78.0 Å². The predicted octanol–water partition coefficient (Wildman–Crippen LogP) is 3.95. The Labute approximate surface area is 273 Å². The molecule has 3 atom stereocenters. The number of benzene rings is 2. The molecule has 46 heavy (non-hydrogen) atoms. The minimum absolute atomic E-state index is 0.0288. The monoisotopic (exact) mass is 654 g/mol. The third-order valence-corrected chi connectivity index (χ3v) is 9.92. The van der Waals surface area contributed by atoms with Crippen molar-refractivity contribution < 1.29 is 24.0 Å². The highest BCUT2D eigenvalue weighted by molar-refractivity contribution is 8.00. The van der Waals surface area contributed by atoms with Gasteiger partial charge in [0, 0.05) is 23.9 Å². The van der Waals surface area contributed by atoms with Crippen LogP contribution in [0.3, 0.4) is 0 Å². The number of pyridine rings is 1. The summed E-state index contributed by atoms with van der Waals surface area (Å²) in [5.41, 5.74) is 7.04. The second-order valence-electron chi connectivity index (χ2n) is 10.7. The van der Waals surface area contributed by atoms with Gasteiger partial charge < -0.3 is 25.5 Å². The second-order valence-corrected chi connectivity index (χ2v) is 12.7. The molecule has 234 valence electrons. The maximum atomic E-state index is 13.8. The highest BCUT2D eigenvalue weighted by atomic mass is 32.2. The topological polar surface area (TPSA) is 149 Å². The first kappa shape index (κ1) is 31.0. The van der Waals surface area contributed by atoms with E-state index in [1.54, 1.807) is 34.7 Å². The number of nitrogens with two attached hydrogens (primary N) is 1. The van der Waals surface area contributed by atoms with Crippen LogP contribution in [0.25, 0.3) is 0 Å². The Kier molecular flexibility index (Phi) is 9.13. The highest BCUT2D eigenvalue weighted by Crippen LogP contribution is 2.44. The summed E-state index contributed by atoms with van der Waals surface area (Å²) in [7, 11) is 0. The first-order chi connectivity index (χ1) is 22.4. The highest BCUT2D eigenvalue weighted by Gasteiger charge is 2.57. The molecule has 0 spiro atoms. The molecule has 2 saturated heterocycles. The molecule has 0 radical (unpaired) electrons. The van der Waals surface area contributed by atoms with E-state index >= 15 is 0 Å². The number of thiazole rings is 1. The Morgan fingerprint density at radius 3 is 2.41 bits per heavy atom. The van der Waals surface area contributed by atoms with E-state index < -0.39 is 34.8 Å². The lowest BCUT2D eigenvalue weighted by Crippen LogP contribution is -2.73. The zero-order chi connectivity index (χ0) is 32.1. The number of nitrogens with one attached hydrogen (secondary N) is 1. The molecular weight excluding hydrogens is 625 g/mol. The number of carbonyl (C=O) groups is 3. The number of thioether (sulfide) groups is 1. The zero-order valence-corrected chi connectivity index (χ0v) is 26.2. The molecule has 2 amide bonds. The first-order valence-electron chi connectivity index (χ1n) is 14.4. The normalized spacial score (nSPS) is 20.8. The van der Waals surface area contributed by atoms with Gasteiger partial charge in [0.05, 0.1) is 5.69 Å². The number of hydrogen-bond acceptors (Lipinski definition) is 11. The molecule has 2 aliphatic rings. The van der Waals surface area contributed by atoms with Crippen molar-refractivity contribution in [1.29, 1.82) is 0 Å². The lowest BCUT2D eigenvalue weighted by molar-refractivity contribution is -0.162. The van der Waals surface area contributed by atoms with Crippen molar-refractivity contribution in [2.45, 2.75) is 24.1 Å². The molecular formula is C33H30N6O5S2. The lowest BCUT2D eigenvalue weighted by Gasteiger charge is -2.53. The molecule has 0 saturated carbocycles. The van der Waals surface area contributed by atoms with Gasteiger partial charge in [0.25, 0.3) is 5.91 Å². The molecule has 2 unspecified atom stereocenters. The van der Waals surface area contributed by atoms with Crippen LogP contribution in [0, 0.1) is 5.41 Å². The van der Waals surface area contributed by atoms with Gasteiger partial charge in [-0.05, 0) is 23.3 Å². The summed E-state index contributed by atoms with van der Waals surface area (Å²) < 4.78 is 6.16. The number of hydrogen-bond donors (Lipinski definition) is 2. The lowest BCUT2D eigenvalue weighted by atomic mass is 9.87. The molecule has 6 rings (SSSR count). The van der Waals surface area contributed by atoms with Crippen LogP contribution in [-0.4, -0.2) is 62.1 Å². The summed E-state index contributed by atoms with van der Waals surface area (Å²) in [6, 6.07) is 23.5. The Morgan fingerprint density at radius 1 is 1.11 bits per heavy atom. The summed E-state index contributed by atoms with van der Waals surface area (Å²) in [5.74, 6) is -1.15. The van der Waals surface area contributed by atoms with E-state index in [0.29, 0.717) is 11.4 Å². The molecule has 2 aromatic carbocycles. The van der Waals surface area contributed by atoms with Gasteiger partial charge in [0.1, 0.15) is 22.5 Å². The fourth-order valence-electron chi connectivity index (χ4n) is 5.19. The van der Waals surface area contributed by atoms with Gasteiger partial charge in [-0.25, -0.2) is 4.98 Å². The summed E-state index contributed by atoms with van der Waals surface area (Å²) >= 11 is 2.53. The molecule has 4 aromatic rings. The zero-order valence-electron chi connectivity index (χ0n) is 24.5. The van der Waals surface area contributed by atoms with Crippen LogP contribution >= 0.6 is 23.1 Å². The number of rotatable bonds is 11. The van der Waals surface area contributed by atoms with E-state index in [4.69, 9.17) is 15.3 Å². The number of esters is 1. The fraction of sp³-hybridized carbons (Fsp3) is 0.212. The number of aromatic nitrogens is 2. The van der Waals surface area contributed by atoms with E-state index in [1.807, 2.05) is 66.7 Å². The number of anilines is 1. The van der Waals surface area contributed by atoms with Gasteiger partial charge >= 0.3 is 5.97 Å². The molecule has 13 heteroatoms. The molecule has 0 bridgehead atoms. The summed E-state index contributed by atoms with van der Waals surface area (Å²) in [6.45, 7) is 4.05. The predicted molar refractivity (Wildman–Crippen MR) is 175 cm³/mol. The average Bonchev–Trinajstić information content (AvgIpc) is 3.54. The van der Waals surface area contributed by atoms with Gasteiger partial charge in [0.15, 0.2) is 23.6 Å². The van der Waals surface area contributed by atoms with Gasteiger partial charge in [-0.2, -0.15) is 0 Å². The molecule has 2 aliphatic heterocycles. The van der Waals surface area contributed by atoms with Crippen molar-refractivity contribution in [3.05, 3.63) is 126 Å². The molecule has 2 fully saturated rings. The van der Waals surface area contributed by atoms with Gasteiger partial charge in [-0.3, -0.25) is 19.4 Å². The van der Waals surface area contributed by atoms with E-state index in [2.05, 4.69) is 27.0 Å². The largest absolute Gasteiger partial charge is 0.452 e. The maximum absolute atomic E-state index is 13.8. The van der Waals surface area contributed by atoms with Crippen molar-refractivity contribution in [1.82, 2.24) is 20.2 Å². The number of carbonyl (C=O) groups excluding carboxylic acids is 3. The van der Waals surface area contributed by atoms with Crippen LogP contribution in [0.1, 0.15) is 28.6 Å². The van der Waals surface area contributed by atoms with E-state index in [1.165, 1.54) is 11.8 Å². The maximum Gasteiger partial charge on any atom is 0.319 e. The second kappa shape index (κ2) is 13.5. The smallest absolute Gasteiger partial charge is 0.319 e. The number of ether oxygens (including phenoxy) is 1. The molecule has 3 N–H and O–H groups in total.